The van der Waals surface area contributed by atoms with Gasteiger partial charge in [0, 0.05) is 13.1 Å². The van der Waals surface area contributed by atoms with Crippen molar-refractivity contribution in [1.82, 2.24) is 15.0 Å². The second-order valence-electron chi connectivity index (χ2n) is 5.17. The lowest BCUT2D eigenvalue weighted by Gasteiger charge is -2.32. The van der Waals surface area contributed by atoms with Crippen LogP contribution in [0.25, 0.3) is 0 Å². The van der Waals surface area contributed by atoms with Gasteiger partial charge in [0.1, 0.15) is 6.61 Å². The zero-order valence-electron chi connectivity index (χ0n) is 12.1. The first kappa shape index (κ1) is 15.5. The van der Waals surface area contributed by atoms with Gasteiger partial charge in [-0.05, 0) is 31.9 Å². The molecule has 0 bridgehead atoms. The van der Waals surface area contributed by atoms with E-state index < -0.39 is 0 Å². The van der Waals surface area contributed by atoms with Crippen LogP contribution in [-0.2, 0) is 11.3 Å². The Hall–Kier alpha value is -1.44. The molecule has 1 fully saturated rings. The third kappa shape index (κ3) is 3.66. The third-order valence-corrected chi connectivity index (χ3v) is 4.68. The predicted molar refractivity (Wildman–Crippen MR) is 82.1 cm³/mol. The van der Waals surface area contributed by atoms with Crippen LogP contribution in [0.5, 0.6) is 0 Å². The van der Waals surface area contributed by atoms with Crippen LogP contribution in [0.2, 0.25) is 4.34 Å². The van der Waals surface area contributed by atoms with Crippen molar-refractivity contribution in [2.45, 2.75) is 32.5 Å². The summed E-state index contributed by atoms with van der Waals surface area (Å²) in [6.45, 7) is 3.36. The SMILES string of the molecule is Cc1noc(CO[C@H]2CCCN(C(=O)c3ccc(Cl)s3)C2)n1. The van der Waals surface area contributed by atoms with Gasteiger partial charge in [0.25, 0.3) is 11.8 Å². The molecule has 0 radical (unpaired) electrons. The van der Waals surface area contributed by atoms with Gasteiger partial charge in [-0.1, -0.05) is 16.8 Å². The molecule has 8 heteroatoms. The number of piperidine rings is 1. The molecule has 0 saturated carbocycles. The molecule has 2 aromatic heterocycles. The van der Waals surface area contributed by atoms with Gasteiger partial charge >= 0.3 is 0 Å². The molecule has 1 amide bonds. The average molecular weight is 342 g/mol. The van der Waals surface area contributed by atoms with Gasteiger partial charge in [-0.25, -0.2) is 0 Å². The molecule has 1 aliphatic heterocycles. The summed E-state index contributed by atoms with van der Waals surface area (Å²) in [6.07, 6.45) is 1.82. The number of nitrogens with zero attached hydrogens (tertiary/aromatic N) is 3. The predicted octanol–water partition coefficient (Wildman–Crippen LogP) is 2.91. The van der Waals surface area contributed by atoms with E-state index in [4.69, 9.17) is 20.9 Å². The highest BCUT2D eigenvalue weighted by atomic mass is 35.5. The standard InChI is InChI=1S/C14H16ClN3O3S/c1-9-16-13(21-17-9)8-20-10-3-2-6-18(7-10)14(19)11-4-5-12(15)22-11/h4-5,10H,2-3,6-8H2,1H3/t10-/m0/s1. The molecule has 3 rings (SSSR count). The summed E-state index contributed by atoms with van der Waals surface area (Å²) in [5.41, 5.74) is 0. The third-order valence-electron chi connectivity index (χ3n) is 3.46. The highest BCUT2D eigenvalue weighted by Crippen LogP contribution is 2.24. The summed E-state index contributed by atoms with van der Waals surface area (Å²) in [5, 5.41) is 3.72. The summed E-state index contributed by atoms with van der Waals surface area (Å²) in [5.74, 6) is 1.07. The van der Waals surface area contributed by atoms with E-state index >= 15 is 0 Å². The van der Waals surface area contributed by atoms with Crippen molar-refractivity contribution in [1.29, 1.82) is 0 Å². The summed E-state index contributed by atoms with van der Waals surface area (Å²) < 4.78 is 11.4. The normalized spacial score (nSPS) is 18.6. The van der Waals surface area contributed by atoms with Crippen LogP contribution >= 0.6 is 22.9 Å². The lowest BCUT2D eigenvalue weighted by atomic mass is 10.1. The molecule has 2 aromatic rings. The maximum Gasteiger partial charge on any atom is 0.264 e. The van der Waals surface area contributed by atoms with Gasteiger partial charge in [0.2, 0.25) is 0 Å². The zero-order valence-corrected chi connectivity index (χ0v) is 13.7. The topological polar surface area (TPSA) is 68.5 Å². The second-order valence-corrected chi connectivity index (χ2v) is 6.88. The molecule has 0 aromatic carbocycles. The molecule has 22 heavy (non-hydrogen) atoms. The summed E-state index contributed by atoms with van der Waals surface area (Å²) >= 11 is 7.20. The fourth-order valence-electron chi connectivity index (χ4n) is 2.43. The van der Waals surface area contributed by atoms with E-state index in [0.717, 1.165) is 19.4 Å². The lowest BCUT2D eigenvalue weighted by Crippen LogP contribution is -2.43. The van der Waals surface area contributed by atoms with Crippen molar-refractivity contribution in [3.8, 4) is 0 Å². The molecule has 0 aliphatic carbocycles. The Bertz CT molecular complexity index is 657. The summed E-state index contributed by atoms with van der Waals surface area (Å²) in [4.78, 5) is 19.0. The number of aryl methyl sites for hydroxylation is 1. The molecule has 1 atom stereocenters. The molecular weight excluding hydrogens is 326 g/mol. The first-order valence-electron chi connectivity index (χ1n) is 7.07. The van der Waals surface area contributed by atoms with Crippen LogP contribution in [0, 0.1) is 6.92 Å². The van der Waals surface area contributed by atoms with Gasteiger partial charge in [-0.15, -0.1) is 11.3 Å². The number of ether oxygens (including phenoxy) is 1. The highest BCUT2D eigenvalue weighted by molar-refractivity contribution is 7.17. The molecule has 1 saturated heterocycles. The van der Waals surface area contributed by atoms with Gasteiger partial charge < -0.3 is 14.2 Å². The number of halogens is 1. The van der Waals surface area contributed by atoms with E-state index in [1.54, 1.807) is 19.1 Å². The minimum atomic E-state index is -0.0136. The Morgan fingerprint density at radius 2 is 2.45 bits per heavy atom. The van der Waals surface area contributed by atoms with Crippen LogP contribution in [0.3, 0.4) is 0 Å². The Morgan fingerprint density at radius 3 is 3.14 bits per heavy atom. The largest absolute Gasteiger partial charge is 0.367 e. The Balaban J connectivity index is 1.56. The lowest BCUT2D eigenvalue weighted by molar-refractivity contribution is -0.0152. The monoisotopic (exact) mass is 341 g/mol. The molecule has 0 unspecified atom stereocenters. The summed E-state index contributed by atoms with van der Waals surface area (Å²) in [6, 6.07) is 3.51. The smallest absolute Gasteiger partial charge is 0.264 e. The van der Waals surface area contributed by atoms with Crippen molar-refractivity contribution in [3.05, 3.63) is 33.1 Å². The Labute approximate surface area is 137 Å². The molecule has 0 N–H and O–H groups in total. The molecule has 3 heterocycles. The zero-order chi connectivity index (χ0) is 15.5. The second kappa shape index (κ2) is 6.76. The van der Waals surface area contributed by atoms with Gasteiger partial charge in [-0.2, -0.15) is 4.98 Å². The van der Waals surface area contributed by atoms with E-state index in [2.05, 4.69) is 10.1 Å². The number of likely N-dealkylation sites (tertiary alicyclic amines) is 1. The average Bonchev–Trinajstić information content (AvgIpc) is 3.13. The van der Waals surface area contributed by atoms with Crippen molar-refractivity contribution in [2.75, 3.05) is 13.1 Å². The van der Waals surface area contributed by atoms with E-state index in [0.29, 0.717) is 27.5 Å². The summed E-state index contributed by atoms with van der Waals surface area (Å²) in [7, 11) is 0. The number of thiophene rings is 1. The maximum absolute atomic E-state index is 12.4. The number of rotatable bonds is 4. The minimum absolute atomic E-state index is 0.0128. The van der Waals surface area contributed by atoms with Gasteiger partial charge in [0.15, 0.2) is 5.82 Å². The van der Waals surface area contributed by atoms with Crippen molar-refractivity contribution < 1.29 is 14.1 Å². The first-order valence-corrected chi connectivity index (χ1v) is 8.26. The van der Waals surface area contributed by atoms with Crippen LogP contribution < -0.4 is 0 Å². The van der Waals surface area contributed by atoms with E-state index in [1.165, 1.54) is 11.3 Å². The molecular formula is C14H16ClN3O3S. The van der Waals surface area contributed by atoms with Gasteiger partial charge in [0.05, 0.1) is 15.3 Å². The van der Waals surface area contributed by atoms with Crippen molar-refractivity contribution >= 4 is 28.8 Å². The van der Waals surface area contributed by atoms with Crippen LogP contribution in [0.4, 0.5) is 0 Å². The Morgan fingerprint density at radius 1 is 1.59 bits per heavy atom. The van der Waals surface area contributed by atoms with Crippen molar-refractivity contribution in [2.24, 2.45) is 0 Å². The van der Waals surface area contributed by atoms with E-state index in [1.807, 2.05) is 4.90 Å². The Kier molecular flexibility index (Phi) is 4.75. The molecule has 118 valence electrons. The molecule has 6 nitrogen and oxygen atoms in total. The highest BCUT2D eigenvalue weighted by Gasteiger charge is 2.26. The fraction of sp³-hybridized carbons (Fsp3) is 0.500. The van der Waals surface area contributed by atoms with Gasteiger partial charge in [-0.3, -0.25) is 4.79 Å². The minimum Gasteiger partial charge on any atom is -0.367 e. The number of amides is 1. The van der Waals surface area contributed by atoms with Crippen LogP contribution in [0.15, 0.2) is 16.7 Å². The van der Waals surface area contributed by atoms with Crippen molar-refractivity contribution in [3.63, 3.8) is 0 Å². The number of hydrogen-bond acceptors (Lipinski definition) is 6. The maximum atomic E-state index is 12.4. The molecule has 0 spiro atoms. The van der Waals surface area contributed by atoms with Crippen LogP contribution in [0.1, 0.15) is 34.2 Å². The first-order chi connectivity index (χ1) is 10.6. The van der Waals surface area contributed by atoms with E-state index in [-0.39, 0.29) is 18.6 Å². The molecule has 1 aliphatic rings. The number of aromatic nitrogens is 2. The number of carbonyl (C=O) groups is 1. The number of hydrogen-bond donors (Lipinski definition) is 0. The van der Waals surface area contributed by atoms with Crippen LogP contribution in [-0.4, -0.2) is 40.1 Å². The number of carbonyl (C=O) groups excluding carboxylic acids is 1. The quantitative estimate of drug-likeness (QED) is 0.855. The van der Waals surface area contributed by atoms with E-state index in [9.17, 15) is 4.79 Å². The fourth-order valence-corrected chi connectivity index (χ4v) is 3.44.